The van der Waals surface area contributed by atoms with Crippen LogP contribution in [0.3, 0.4) is 0 Å². The summed E-state index contributed by atoms with van der Waals surface area (Å²) >= 11 is 3.56. The number of aromatic nitrogens is 3. The van der Waals surface area contributed by atoms with Crippen molar-refractivity contribution in [3.8, 4) is 0 Å². The van der Waals surface area contributed by atoms with Gasteiger partial charge in [-0.2, -0.15) is 5.10 Å². The molecular weight excluding hydrogens is 306 g/mol. The second-order valence-corrected chi connectivity index (χ2v) is 5.21. The maximum Gasteiger partial charge on any atom is 0.138 e. The van der Waals surface area contributed by atoms with Gasteiger partial charge in [-0.15, -0.1) is 0 Å². The lowest BCUT2D eigenvalue weighted by Crippen LogP contribution is -2.39. The van der Waals surface area contributed by atoms with Crippen LogP contribution >= 0.6 is 15.9 Å². The highest BCUT2D eigenvalue weighted by molar-refractivity contribution is 9.10. The summed E-state index contributed by atoms with van der Waals surface area (Å²) in [6.45, 7) is 2.87. The van der Waals surface area contributed by atoms with Gasteiger partial charge in [0.1, 0.15) is 12.2 Å². The molecule has 0 aliphatic heterocycles. The molecule has 2 aromatic rings. The van der Waals surface area contributed by atoms with E-state index < -0.39 is 0 Å². The van der Waals surface area contributed by atoms with Crippen molar-refractivity contribution in [2.45, 2.75) is 32.4 Å². The molecule has 0 radical (unpaired) electrons. The number of halogens is 1. The molecule has 1 unspecified atom stereocenters. The Morgan fingerprint density at radius 1 is 1.37 bits per heavy atom. The van der Waals surface area contributed by atoms with Gasteiger partial charge in [0.2, 0.25) is 0 Å². The third kappa shape index (κ3) is 3.62. The second kappa shape index (κ2) is 6.79. The monoisotopic (exact) mass is 323 g/mol. The van der Waals surface area contributed by atoms with E-state index in [1.54, 1.807) is 6.33 Å². The van der Waals surface area contributed by atoms with Gasteiger partial charge in [-0.25, -0.2) is 4.98 Å². The lowest BCUT2D eigenvalue weighted by atomic mass is 10.0. The van der Waals surface area contributed by atoms with Crippen LogP contribution in [0.5, 0.6) is 0 Å². The second-order valence-electron chi connectivity index (χ2n) is 4.36. The van der Waals surface area contributed by atoms with Crippen molar-refractivity contribution >= 4 is 15.9 Å². The maximum atomic E-state index is 5.66. The third-order valence-electron chi connectivity index (χ3n) is 3.08. The van der Waals surface area contributed by atoms with E-state index in [1.165, 1.54) is 5.56 Å². The molecule has 2 rings (SSSR count). The third-order valence-corrected chi connectivity index (χ3v) is 3.86. The van der Waals surface area contributed by atoms with Gasteiger partial charge < -0.3 is 0 Å². The van der Waals surface area contributed by atoms with Crippen molar-refractivity contribution in [1.29, 1.82) is 0 Å². The first-order valence-corrected chi connectivity index (χ1v) is 7.10. The molecule has 3 N–H and O–H groups in total. The highest BCUT2D eigenvalue weighted by atomic mass is 79.9. The Bertz CT molecular complexity index is 525. The SMILES string of the molecule is CCn1ncnc1CC(Cc1ccccc1Br)NN. The molecule has 0 spiro atoms. The zero-order valence-electron chi connectivity index (χ0n) is 10.9. The van der Waals surface area contributed by atoms with E-state index in [9.17, 15) is 0 Å². The molecule has 102 valence electrons. The molecule has 1 atom stereocenters. The van der Waals surface area contributed by atoms with Crippen LogP contribution in [0.2, 0.25) is 0 Å². The number of hydrazine groups is 1. The fourth-order valence-corrected chi connectivity index (χ4v) is 2.50. The molecule has 5 nitrogen and oxygen atoms in total. The van der Waals surface area contributed by atoms with E-state index in [-0.39, 0.29) is 6.04 Å². The van der Waals surface area contributed by atoms with Crippen LogP contribution < -0.4 is 11.3 Å². The molecule has 0 aliphatic rings. The van der Waals surface area contributed by atoms with E-state index in [0.717, 1.165) is 29.7 Å². The van der Waals surface area contributed by atoms with E-state index in [4.69, 9.17) is 5.84 Å². The molecule has 1 heterocycles. The molecule has 0 saturated carbocycles. The molecule has 0 amide bonds. The van der Waals surface area contributed by atoms with E-state index in [1.807, 2.05) is 22.9 Å². The standard InChI is InChI=1S/C13H18BrN5/c1-2-19-13(16-9-17-19)8-11(18-15)7-10-5-3-4-6-12(10)14/h3-6,9,11,18H,2,7-8,15H2,1H3. The molecule has 19 heavy (non-hydrogen) atoms. The number of nitrogens with two attached hydrogens (primary N) is 1. The lowest BCUT2D eigenvalue weighted by Gasteiger charge is -2.16. The minimum atomic E-state index is 0.133. The molecular formula is C13H18BrN5. The minimum absolute atomic E-state index is 0.133. The largest absolute Gasteiger partial charge is 0.271 e. The van der Waals surface area contributed by atoms with Crippen molar-refractivity contribution in [3.05, 3.63) is 46.5 Å². The molecule has 1 aromatic heterocycles. The predicted molar refractivity (Wildman–Crippen MR) is 78.4 cm³/mol. The Morgan fingerprint density at radius 2 is 2.16 bits per heavy atom. The normalized spacial score (nSPS) is 12.6. The van der Waals surface area contributed by atoms with Crippen molar-refractivity contribution in [3.63, 3.8) is 0 Å². The summed E-state index contributed by atoms with van der Waals surface area (Å²) in [5.74, 6) is 6.61. The van der Waals surface area contributed by atoms with Crippen LogP contribution in [-0.2, 0) is 19.4 Å². The first kappa shape index (κ1) is 14.2. The molecule has 0 saturated heterocycles. The average molecular weight is 324 g/mol. The van der Waals surface area contributed by atoms with Gasteiger partial charge in [-0.1, -0.05) is 34.1 Å². The van der Waals surface area contributed by atoms with E-state index in [0.29, 0.717) is 0 Å². The number of nitrogens with zero attached hydrogens (tertiary/aromatic N) is 3. The summed E-state index contributed by atoms with van der Waals surface area (Å²) in [4.78, 5) is 4.28. The Kier molecular flexibility index (Phi) is 5.07. The molecule has 0 fully saturated rings. The number of hydrogen-bond acceptors (Lipinski definition) is 4. The molecule has 6 heteroatoms. The number of aryl methyl sites for hydroxylation is 1. The van der Waals surface area contributed by atoms with Crippen LogP contribution in [0.1, 0.15) is 18.3 Å². The highest BCUT2D eigenvalue weighted by Crippen LogP contribution is 2.18. The van der Waals surface area contributed by atoms with Crippen LogP contribution in [-0.4, -0.2) is 20.8 Å². The Morgan fingerprint density at radius 3 is 2.84 bits per heavy atom. The molecule has 0 bridgehead atoms. The van der Waals surface area contributed by atoms with E-state index in [2.05, 4.69) is 44.4 Å². The van der Waals surface area contributed by atoms with Gasteiger partial charge >= 0.3 is 0 Å². The average Bonchev–Trinajstić information content (AvgIpc) is 2.87. The van der Waals surface area contributed by atoms with Gasteiger partial charge in [0.15, 0.2) is 0 Å². The van der Waals surface area contributed by atoms with Crippen LogP contribution in [0.15, 0.2) is 35.1 Å². The summed E-state index contributed by atoms with van der Waals surface area (Å²) < 4.78 is 3.00. The van der Waals surface area contributed by atoms with Gasteiger partial charge in [0.05, 0.1) is 0 Å². The summed E-state index contributed by atoms with van der Waals surface area (Å²) in [6.07, 6.45) is 3.19. The zero-order valence-corrected chi connectivity index (χ0v) is 12.5. The first-order valence-electron chi connectivity index (χ1n) is 6.30. The van der Waals surface area contributed by atoms with Gasteiger partial charge in [-0.3, -0.25) is 16.0 Å². The first-order chi connectivity index (χ1) is 9.24. The van der Waals surface area contributed by atoms with Gasteiger partial charge in [-0.05, 0) is 25.0 Å². The predicted octanol–water partition coefficient (Wildman–Crippen LogP) is 1.68. The van der Waals surface area contributed by atoms with Crippen molar-refractivity contribution in [2.24, 2.45) is 5.84 Å². The topological polar surface area (TPSA) is 68.8 Å². The Balaban J connectivity index is 2.07. The lowest BCUT2D eigenvalue weighted by molar-refractivity contribution is 0.489. The number of nitrogens with one attached hydrogen (secondary N) is 1. The van der Waals surface area contributed by atoms with Crippen molar-refractivity contribution in [2.75, 3.05) is 0 Å². The quantitative estimate of drug-likeness (QED) is 0.627. The van der Waals surface area contributed by atoms with E-state index >= 15 is 0 Å². The van der Waals surface area contributed by atoms with Crippen LogP contribution in [0.25, 0.3) is 0 Å². The minimum Gasteiger partial charge on any atom is -0.271 e. The van der Waals surface area contributed by atoms with Crippen molar-refractivity contribution in [1.82, 2.24) is 20.2 Å². The Labute approximate surface area is 121 Å². The Hall–Kier alpha value is -1.24. The van der Waals surface area contributed by atoms with Gasteiger partial charge in [0.25, 0.3) is 0 Å². The van der Waals surface area contributed by atoms with Gasteiger partial charge in [0, 0.05) is 23.5 Å². The number of hydrogen-bond donors (Lipinski definition) is 2. The van der Waals surface area contributed by atoms with Crippen molar-refractivity contribution < 1.29 is 0 Å². The number of rotatable bonds is 6. The van der Waals surface area contributed by atoms with Crippen LogP contribution in [0, 0.1) is 0 Å². The fourth-order valence-electron chi connectivity index (χ4n) is 2.05. The maximum absolute atomic E-state index is 5.66. The molecule has 1 aromatic carbocycles. The zero-order chi connectivity index (χ0) is 13.7. The summed E-state index contributed by atoms with van der Waals surface area (Å²) in [5, 5.41) is 4.17. The fraction of sp³-hybridized carbons (Fsp3) is 0.385. The van der Waals surface area contributed by atoms with Crippen LogP contribution in [0.4, 0.5) is 0 Å². The molecule has 0 aliphatic carbocycles. The summed E-state index contributed by atoms with van der Waals surface area (Å²) in [6, 6.07) is 8.30. The smallest absolute Gasteiger partial charge is 0.138 e. The summed E-state index contributed by atoms with van der Waals surface area (Å²) in [7, 11) is 0. The summed E-state index contributed by atoms with van der Waals surface area (Å²) in [5.41, 5.74) is 4.10. The highest BCUT2D eigenvalue weighted by Gasteiger charge is 2.14. The number of benzene rings is 1.